The highest BCUT2D eigenvalue weighted by molar-refractivity contribution is 5.84. The number of nitrogens with one attached hydrogen (secondary N) is 1. The van der Waals surface area contributed by atoms with E-state index in [1.807, 2.05) is 36.4 Å². The van der Waals surface area contributed by atoms with E-state index in [4.69, 9.17) is 0 Å². The molecule has 0 aliphatic heterocycles. The van der Waals surface area contributed by atoms with Gasteiger partial charge < -0.3 is 10.1 Å². The molecule has 3 aromatic rings. The van der Waals surface area contributed by atoms with Crippen LogP contribution in [0, 0.1) is 0 Å². The number of rotatable bonds is 1. The summed E-state index contributed by atoms with van der Waals surface area (Å²) in [5.41, 5.74) is 0.297. The second kappa shape index (κ2) is 3.52. The van der Waals surface area contributed by atoms with E-state index in [2.05, 4.69) is 4.98 Å². The fraction of sp³-hybridized carbons (Fsp3) is 0. The van der Waals surface area contributed by atoms with Crippen LogP contribution in [0.25, 0.3) is 16.5 Å². The maximum atomic E-state index is 11.5. The summed E-state index contributed by atoms with van der Waals surface area (Å²) in [5.74, 6) is -0.0923. The summed E-state index contributed by atoms with van der Waals surface area (Å²) in [5, 5.41) is 11.7. The lowest BCUT2D eigenvalue weighted by atomic mass is 10.1. The largest absolute Gasteiger partial charge is 0.493 e. The van der Waals surface area contributed by atoms with Gasteiger partial charge in [-0.3, -0.25) is 0 Å². The van der Waals surface area contributed by atoms with Gasteiger partial charge in [0.25, 0.3) is 0 Å². The Hall–Kier alpha value is -2.49. The second-order valence-corrected chi connectivity index (χ2v) is 3.82. The average molecular weight is 226 g/mol. The maximum absolute atomic E-state index is 11.5. The second-order valence-electron chi connectivity index (χ2n) is 3.82. The Labute approximate surface area is 96.8 Å². The number of H-pyrrole nitrogens is 1. The third-order valence-electron chi connectivity index (χ3n) is 2.75. The van der Waals surface area contributed by atoms with E-state index in [1.54, 1.807) is 6.07 Å². The minimum absolute atomic E-state index is 0.0923. The van der Waals surface area contributed by atoms with Crippen molar-refractivity contribution in [1.82, 2.24) is 9.55 Å². The summed E-state index contributed by atoms with van der Waals surface area (Å²) in [6.45, 7) is 0. The van der Waals surface area contributed by atoms with Crippen LogP contribution in [0.4, 0.5) is 0 Å². The fourth-order valence-electron chi connectivity index (χ4n) is 1.92. The molecule has 1 heterocycles. The van der Waals surface area contributed by atoms with Crippen LogP contribution in [-0.4, -0.2) is 14.7 Å². The SMILES string of the molecule is O=c1[nH]cc(O)n1-c1ccc2ccccc2c1. The molecular formula is C13H10N2O2. The number of aromatic amines is 1. The van der Waals surface area contributed by atoms with Crippen LogP contribution >= 0.6 is 0 Å². The molecule has 17 heavy (non-hydrogen) atoms. The van der Waals surface area contributed by atoms with Crippen LogP contribution in [0.3, 0.4) is 0 Å². The van der Waals surface area contributed by atoms with Crippen LogP contribution < -0.4 is 5.69 Å². The van der Waals surface area contributed by atoms with Gasteiger partial charge in [-0.05, 0) is 22.9 Å². The van der Waals surface area contributed by atoms with Gasteiger partial charge in [0, 0.05) is 0 Å². The summed E-state index contributed by atoms with van der Waals surface area (Å²) in [7, 11) is 0. The highest BCUT2D eigenvalue weighted by Gasteiger charge is 2.07. The van der Waals surface area contributed by atoms with Crippen LogP contribution in [0.15, 0.2) is 53.5 Å². The normalized spacial score (nSPS) is 10.8. The van der Waals surface area contributed by atoms with E-state index in [9.17, 15) is 9.90 Å². The molecule has 0 fully saturated rings. The molecule has 0 radical (unpaired) electrons. The maximum Gasteiger partial charge on any atom is 0.333 e. The Balaban J connectivity index is 2.29. The molecule has 84 valence electrons. The van der Waals surface area contributed by atoms with Crippen molar-refractivity contribution in [1.29, 1.82) is 0 Å². The minimum Gasteiger partial charge on any atom is -0.493 e. The fourth-order valence-corrected chi connectivity index (χ4v) is 1.92. The number of imidazole rings is 1. The lowest BCUT2D eigenvalue weighted by molar-refractivity contribution is 0.441. The molecule has 0 unspecified atom stereocenters. The Morgan fingerprint density at radius 3 is 2.53 bits per heavy atom. The zero-order chi connectivity index (χ0) is 11.8. The average Bonchev–Trinajstić information content (AvgIpc) is 2.68. The van der Waals surface area contributed by atoms with Gasteiger partial charge >= 0.3 is 5.69 Å². The molecular weight excluding hydrogens is 216 g/mol. The van der Waals surface area contributed by atoms with E-state index >= 15 is 0 Å². The van der Waals surface area contributed by atoms with Crippen molar-refractivity contribution in [2.24, 2.45) is 0 Å². The Morgan fingerprint density at radius 1 is 1.06 bits per heavy atom. The van der Waals surface area contributed by atoms with Gasteiger partial charge in [-0.15, -0.1) is 0 Å². The third kappa shape index (κ3) is 1.50. The van der Waals surface area contributed by atoms with Crippen LogP contribution in [-0.2, 0) is 0 Å². The number of aromatic hydroxyl groups is 1. The highest BCUT2D eigenvalue weighted by atomic mass is 16.3. The number of hydrogen-bond acceptors (Lipinski definition) is 2. The molecule has 4 nitrogen and oxygen atoms in total. The van der Waals surface area contributed by atoms with E-state index in [-0.39, 0.29) is 11.6 Å². The van der Waals surface area contributed by atoms with Crippen molar-refractivity contribution in [3.8, 4) is 11.6 Å². The number of fused-ring (bicyclic) bond motifs is 1. The smallest absolute Gasteiger partial charge is 0.333 e. The first-order valence-electron chi connectivity index (χ1n) is 5.24. The molecule has 1 aromatic heterocycles. The first kappa shape index (κ1) is 9.72. The monoisotopic (exact) mass is 226 g/mol. The molecule has 0 bridgehead atoms. The quantitative estimate of drug-likeness (QED) is 0.667. The summed E-state index contributed by atoms with van der Waals surface area (Å²) >= 11 is 0. The van der Waals surface area contributed by atoms with E-state index < -0.39 is 0 Å². The lowest BCUT2D eigenvalue weighted by Crippen LogP contribution is -2.14. The first-order chi connectivity index (χ1) is 8.25. The first-order valence-corrected chi connectivity index (χ1v) is 5.24. The van der Waals surface area contributed by atoms with Gasteiger partial charge in [0.2, 0.25) is 5.88 Å². The summed E-state index contributed by atoms with van der Waals surface area (Å²) in [4.78, 5) is 14.0. The van der Waals surface area contributed by atoms with E-state index in [0.717, 1.165) is 10.8 Å². The summed E-state index contributed by atoms with van der Waals surface area (Å²) in [6, 6.07) is 13.4. The predicted octanol–water partition coefficient (Wildman–Crippen LogP) is 2.02. The number of hydrogen-bond donors (Lipinski definition) is 2. The molecule has 0 saturated carbocycles. The molecule has 2 N–H and O–H groups in total. The van der Waals surface area contributed by atoms with Crippen LogP contribution in [0.1, 0.15) is 0 Å². The van der Waals surface area contributed by atoms with E-state index in [1.165, 1.54) is 10.8 Å². The van der Waals surface area contributed by atoms with Crippen molar-refractivity contribution < 1.29 is 5.11 Å². The Kier molecular flexibility index (Phi) is 2.01. The molecule has 2 aromatic carbocycles. The number of benzene rings is 2. The van der Waals surface area contributed by atoms with Crippen molar-refractivity contribution >= 4 is 10.8 Å². The van der Waals surface area contributed by atoms with Gasteiger partial charge in [0.05, 0.1) is 11.9 Å². The molecule has 0 atom stereocenters. The van der Waals surface area contributed by atoms with Crippen molar-refractivity contribution in [3.63, 3.8) is 0 Å². The third-order valence-corrected chi connectivity index (χ3v) is 2.75. The Morgan fingerprint density at radius 2 is 1.82 bits per heavy atom. The van der Waals surface area contributed by atoms with Gasteiger partial charge in [-0.1, -0.05) is 30.3 Å². The zero-order valence-electron chi connectivity index (χ0n) is 8.92. The lowest BCUT2D eigenvalue weighted by Gasteiger charge is -2.04. The molecule has 0 saturated heterocycles. The van der Waals surface area contributed by atoms with Gasteiger partial charge in [-0.25, -0.2) is 9.36 Å². The van der Waals surface area contributed by atoms with E-state index in [0.29, 0.717) is 5.69 Å². The van der Waals surface area contributed by atoms with Crippen LogP contribution in [0.5, 0.6) is 5.88 Å². The molecule has 4 heteroatoms. The van der Waals surface area contributed by atoms with Gasteiger partial charge in [-0.2, -0.15) is 0 Å². The van der Waals surface area contributed by atoms with Crippen LogP contribution in [0.2, 0.25) is 0 Å². The summed E-state index contributed by atoms with van der Waals surface area (Å²) in [6.07, 6.45) is 1.28. The van der Waals surface area contributed by atoms with Crippen molar-refractivity contribution in [2.45, 2.75) is 0 Å². The number of nitrogens with zero attached hydrogens (tertiary/aromatic N) is 1. The molecule has 0 spiro atoms. The molecule has 0 amide bonds. The van der Waals surface area contributed by atoms with Gasteiger partial charge in [0.15, 0.2) is 0 Å². The predicted molar refractivity (Wildman–Crippen MR) is 65.6 cm³/mol. The van der Waals surface area contributed by atoms with Gasteiger partial charge in [0.1, 0.15) is 0 Å². The zero-order valence-corrected chi connectivity index (χ0v) is 8.92. The highest BCUT2D eigenvalue weighted by Crippen LogP contribution is 2.19. The standard InChI is InChI=1S/C13H10N2O2/c16-12-8-14-13(17)15(12)11-6-5-9-3-1-2-4-10(9)7-11/h1-8,16H,(H,14,17). The number of aromatic nitrogens is 2. The molecule has 3 rings (SSSR count). The summed E-state index contributed by atoms with van der Waals surface area (Å²) < 4.78 is 1.23. The Bertz CT molecular complexity index is 740. The molecule has 0 aliphatic rings. The van der Waals surface area contributed by atoms with Crippen molar-refractivity contribution in [2.75, 3.05) is 0 Å². The molecule has 0 aliphatic carbocycles. The van der Waals surface area contributed by atoms with Crippen molar-refractivity contribution in [3.05, 3.63) is 59.1 Å². The minimum atomic E-state index is -0.349. The topological polar surface area (TPSA) is 58.0 Å².